The van der Waals surface area contributed by atoms with Crippen LogP contribution in [0.3, 0.4) is 0 Å². The highest BCUT2D eigenvalue weighted by atomic mass is 32.1. The second kappa shape index (κ2) is 13.3. The number of nitrogens with one attached hydrogen (secondary N) is 1. The summed E-state index contributed by atoms with van der Waals surface area (Å²) in [6.07, 6.45) is 1.41. The lowest BCUT2D eigenvalue weighted by Crippen LogP contribution is -2.49. The molecule has 4 rings (SSSR count). The minimum absolute atomic E-state index is 0.0357. The maximum Gasteiger partial charge on any atom is 0.322 e. The molecule has 0 fully saturated rings. The first-order chi connectivity index (χ1) is 18.5. The van der Waals surface area contributed by atoms with E-state index in [2.05, 4.69) is 16.8 Å². The first kappa shape index (κ1) is 27.5. The quantitative estimate of drug-likeness (QED) is 0.343. The molecule has 1 aromatic heterocycles. The smallest absolute Gasteiger partial charge is 0.322 e. The molecule has 8 nitrogen and oxygen atoms in total. The molecule has 3 aromatic rings. The van der Waals surface area contributed by atoms with Gasteiger partial charge >= 0.3 is 6.03 Å². The van der Waals surface area contributed by atoms with E-state index in [9.17, 15) is 9.59 Å². The average molecular weight is 538 g/mol. The number of carbonyl (C=O) groups excluding carboxylic acids is 2. The van der Waals surface area contributed by atoms with Crippen molar-refractivity contribution in [1.29, 1.82) is 0 Å². The van der Waals surface area contributed by atoms with E-state index >= 15 is 0 Å². The van der Waals surface area contributed by atoms with Gasteiger partial charge in [0, 0.05) is 37.4 Å². The third kappa shape index (κ3) is 6.85. The van der Waals surface area contributed by atoms with Gasteiger partial charge in [-0.3, -0.25) is 4.79 Å². The van der Waals surface area contributed by atoms with Gasteiger partial charge in [-0.2, -0.15) is 0 Å². The van der Waals surface area contributed by atoms with E-state index in [0.29, 0.717) is 43.3 Å². The van der Waals surface area contributed by atoms with Crippen LogP contribution in [-0.4, -0.2) is 68.8 Å². The average Bonchev–Trinajstić information content (AvgIpc) is 3.42. The highest BCUT2D eigenvalue weighted by Crippen LogP contribution is 2.35. The fourth-order valence-corrected chi connectivity index (χ4v) is 5.46. The van der Waals surface area contributed by atoms with Gasteiger partial charge in [0.1, 0.15) is 13.2 Å². The molecule has 1 unspecified atom stereocenters. The molecule has 2 heterocycles. The second-order valence-corrected chi connectivity index (χ2v) is 10.2. The number of hydrogen-bond donors (Lipinski definition) is 1. The molecular formula is C29H35N3O5S. The van der Waals surface area contributed by atoms with Gasteiger partial charge in [0.05, 0.1) is 13.2 Å². The molecular weight excluding hydrogens is 502 g/mol. The molecule has 0 spiro atoms. The monoisotopic (exact) mass is 537 g/mol. The third-order valence-corrected chi connectivity index (χ3v) is 7.57. The van der Waals surface area contributed by atoms with Crippen LogP contribution in [-0.2, 0) is 16.0 Å². The summed E-state index contributed by atoms with van der Waals surface area (Å²) in [6.45, 7) is 3.71. The van der Waals surface area contributed by atoms with Crippen LogP contribution in [0.2, 0.25) is 0 Å². The fourth-order valence-electron chi connectivity index (χ4n) is 4.53. The number of aryl methyl sites for hydroxylation is 1. The molecule has 0 saturated carbocycles. The number of para-hydroxylation sites is 2. The third-order valence-electron chi connectivity index (χ3n) is 6.57. The zero-order valence-corrected chi connectivity index (χ0v) is 23.0. The normalized spacial score (nSPS) is 14.5. The number of benzene rings is 2. The number of carbonyl (C=O) groups is 2. The molecule has 0 radical (unpaired) electrons. The number of rotatable bonds is 11. The molecule has 3 amide bonds. The van der Waals surface area contributed by atoms with Crippen LogP contribution in [0.15, 0.2) is 60.0 Å². The van der Waals surface area contributed by atoms with Crippen LogP contribution in [0.5, 0.6) is 11.5 Å². The maximum atomic E-state index is 13.7. The van der Waals surface area contributed by atoms with Crippen LogP contribution in [0.4, 0.5) is 10.5 Å². The van der Waals surface area contributed by atoms with E-state index in [1.807, 2.05) is 60.4 Å². The first-order valence-electron chi connectivity index (χ1n) is 12.7. The highest BCUT2D eigenvalue weighted by molar-refractivity contribution is 7.10. The number of anilines is 1. The van der Waals surface area contributed by atoms with E-state index in [1.54, 1.807) is 30.5 Å². The van der Waals surface area contributed by atoms with Gasteiger partial charge in [0.15, 0.2) is 11.5 Å². The molecule has 1 aliphatic heterocycles. The van der Waals surface area contributed by atoms with Gasteiger partial charge in [0.25, 0.3) is 0 Å². The van der Waals surface area contributed by atoms with Gasteiger partial charge < -0.3 is 29.3 Å². The number of amides is 3. The molecule has 1 aliphatic rings. The summed E-state index contributed by atoms with van der Waals surface area (Å²) >= 11 is 1.70. The summed E-state index contributed by atoms with van der Waals surface area (Å²) < 4.78 is 16.8. The maximum absolute atomic E-state index is 13.7. The predicted octanol–water partition coefficient (Wildman–Crippen LogP) is 5.14. The Balaban J connectivity index is 1.49. The van der Waals surface area contributed by atoms with Crippen molar-refractivity contribution >= 4 is 29.0 Å². The summed E-state index contributed by atoms with van der Waals surface area (Å²) in [5, 5.41) is 4.98. The Morgan fingerprint density at radius 3 is 2.58 bits per heavy atom. The van der Waals surface area contributed by atoms with Gasteiger partial charge in [-0.1, -0.05) is 29.8 Å². The summed E-state index contributed by atoms with van der Waals surface area (Å²) in [5.74, 6) is 1.15. The van der Waals surface area contributed by atoms with Crippen molar-refractivity contribution in [3.8, 4) is 11.5 Å². The van der Waals surface area contributed by atoms with Gasteiger partial charge in [-0.15, -0.1) is 11.3 Å². The summed E-state index contributed by atoms with van der Waals surface area (Å²) in [7, 11) is 3.23. The fraction of sp³-hybridized carbons (Fsp3) is 0.379. The van der Waals surface area contributed by atoms with Gasteiger partial charge in [0.2, 0.25) is 5.91 Å². The Labute approximate surface area is 228 Å². The van der Waals surface area contributed by atoms with Crippen molar-refractivity contribution in [3.05, 3.63) is 76.0 Å². The zero-order chi connectivity index (χ0) is 26.9. The minimum atomic E-state index is -0.312. The van der Waals surface area contributed by atoms with Gasteiger partial charge in [-0.25, -0.2) is 4.79 Å². The first-order valence-corrected chi connectivity index (χ1v) is 13.6. The summed E-state index contributed by atoms with van der Waals surface area (Å²) in [4.78, 5) is 31.6. The number of ether oxygens (including phenoxy) is 3. The summed E-state index contributed by atoms with van der Waals surface area (Å²) in [5.41, 5.74) is 2.89. The van der Waals surface area contributed by atoms with Crippen molar-refractivity contribution in [2.45, 2.75) is 25.8 Å². The van der Waals surface area contributed by atoms with E-state index < -0.39 is 0 Å². The van der Waals surface area contributed by atoms with Crippen molar-refractivity contribution in [1.82, 2.24) is 9.80 Å². The predicted molar refractivity (Wildman–Crippen MR) is 149 cm³/mol. The molecule has 1 atom stereocenters. The standard InChI is InChI=1S/C29H35N3O5S/c1-21-9-11-22(12-10-21)30-29(34)31(15-6-17-35-2)19-28(33)32-16-13-27-23(14-18-38-27)24(32)20-37-26-8-5-4-7-25(26)36-3/h4-5,7-12,14,18,24H,6,13,15-17,19-20H2,1-3H3,(H,30,34). The Hall–Kier alpha value is -3.56. The number of urea groups is 1. The molecule has 1 N–H and O–H groups in total. The van der Waals surface area contributed by atoms with E-state index in [4.69, 9.17) is 14.2 Å². The van der Waals surface area contributed by atoms with Crippen LogP contribution >= 0.6 is 11.3 Å². The van der Waals surface area contributed by atoms with Crippen molar-refractivity contribution in [3.63, 3.8) is 0 Å². The Bertz CT molecular complexity index is 1210. The zero-order valence-electron chi connectivity index (χ0n) is 22.1. The van der Waals surface area contributed by atoms with E-state index in [0.717, 1.165) is 17.5 Å². The molecule has 202 valence electrons. The summed E-state index contributed by atoms with van der Waals surface area (Å²) in [6, 6.07) is 16.6. The van der Waals surface area contributed by atoms with Crippen molar-refractivity contribution in [2.75, 3.05) is 52.4 Å². The Morgan fingerprint density at radius 1 is 1.08 bits per heavy atom. The number of fused-ring (bicyclic) bond motifs is 1. The Kier molecular flexibility index (Phi) is 9.62. The second-order valence-electron chi connectivity index (χ2n) is 9.18. The molecule has 0 aliphatic carbocycles. The van der Waals surface area contributed by atoms with Gasteiger partial charge in [-0.05, 0) is 61.0 Å². The van der Waals surface area contributed by atoms with E-state index in [-0.39, 0.29) is 31.1 Å². The van der Waals surface area contributed by atoms with Crippen LogP contribution in [0, 0.1) is 6.92 Å². The van der Waals surface area contributed by atoms with Crippen LogP contribution in [0.25, 0.3) is 0 Å². The number of thiophene rings is 1. The SMILES string of the molecule is COCCCN(CC(=O)N1CCc2sccc2C1COc1ccccc1OC)C(=O)Nc1ccc(C)cc1. The minimum Gasteiger partial charge on any atom is -0.493 e. The topological polar surface area (TPSA) is 80.3 Å². The lowest BCUT2D eigenvalue weighted by atomic mass is 10.0. The molecule has 2 aromatic carbocycles. The lowest BCUT2D eigenvalue weighted by Gasteiger charge is -2.37. The molecule has 9 heteroatoms. The largest absolute Gasteiger partial charge is 0.493 e. The Morgan fingerprint density at radius 2 is 1.84 bits per heavy atom. The number of hydrogen-bond acceptors (Lipinski definition) is 6. The number of nitrogens with zero attached hydrogens (tertiary/aromatic N) is 2. The molecule has 0 bridgehead atoms. The molecule has 38 heavy (non-hydrogen) atoms. The van der Waals surface area contributed by atoms with Crippen LogP contribution in [0.1, 0.15) is 28.5 Å². The van der Waals surface area contributed by atoms with Crippen molar-refractivity contribution < 1.29 is 23.8 Å². The number of methoxy groups -OCH3 is 2. The van der Waals surface area contributed by atoms with Crippen molar-refractivity contribution in [2.24, 2.45) is 0 Å². The van der Waals surface area contributed by atoms with E-state index in [1.165, 1.54) is 4.88 Å². The van der Waals surface area contributed by atoms with Crippen LogP contribution < -0.4 is 14.8 Å². The lowest BCUT2D eigenvalue weighted by molar-refractivity contribution is -0.135. The highest BCUT2D eigenvalue weighted by Gasteiger charge is 2.33. The molecule has 0 saturated heterocycles.